The number of hydrogen-bond donors (Lipinski definition) is 1. The van der Waals surface area contributed by atoms with E-state index in [4.69, 9.17) is 0 Å². The number of nitro groups is 1. The average molecular weight is 369 g/mol. The van der Waals surface area contributed by atoms with Crippen LogP contribution < -0.4 is 5.32 Å². The van der Waals surface area contributed by atoms with Gasteiger partial charge in [-0.2, -0.15) is 0 Å². The number of hydrogen-bond acceptors (Lipinski definition) is 4. The summed E-state index contributed by atoms with van der Waals surface area (Å²) in [7, 11) is 0. The van der Waals surface area contributed by atoms with Gasteiger partial charge in [0.1, 0.15) is 0 Å². The van der Waals surface area contributed by atoms with Crippen molar-refractivity contribution in [3.63, 3.8) is 0 Å². The molecule has 1 heterocycles. The molecule has 5 nitrogen and oxygen atoms in total. The van der Waals surface area contributed by atoms with Crippen LogP contribution in [0.2, 0.25) is 0 Å². The van der Waals surface area contributed by atoms with Gasteiger partial charge in [-0.3, -0.25) is 15.1 Å². The molecule has 0 aliphatic heterocycles. The van der Waals surface area contributed by atoms with Crippen molar-refractivity contribution in [1.29, 1.82) is 0 Å². The molecular weight excluding hydrogens is 357 g/mol. The number of pyridine rings is 1. The summed E-state index contributed by atoms with van der Waals surface area (Å²) >= 11 is 1.97. The third-order valence-corrected chi connectivity index (χ3v) is 3.50. The molecule has 2 rings (SSSR count). The zero-order chi connectivity index (χ0) is 13.7. The molecule has 0 saturated carbocycles. The van der Waals surface area contributed by atoms with Crippen LogP contribution in [0.5, 0.6) is 0 Å². The van der Waals surface area contributed by atoms with Gasteiger partial charge in [-0.05, 0) is 58.8 Å². The van der Waals surface area contributed by atoms with Crippen LogP contribution in [-0.2, 0) is 6.42 Å². The number of nitrogens with zero attached hydrogens (tertiary/aromatic N) is 2. The van der Waals surface area contributed by atoms with Crippen LogP contribution in [0.25, 0.3) is 0 Å². The van der Waals surface area contributed by atoms with Gasteiger partial charge in [-0.25, -0.2) is 0 Å². The van der Waals surface area contributed by atoms with Gasteiger partial charge in [-0.1, -0.05) is 0 Å². The summed E-state index contributed by atoms with van der Waals surface area (Å²) in [6.07, 6.45) is 4.42. The second-order valence-corrected chi connectivity index (χ2v) is 5.12. The van der Waals surface area contributed by atoms with Crippen molar-refractivity contribution in [2.24, 2.45) is 0 Å². The summed E-state index contributed by atoms with van der Waals surface area (Å²) in [4.78, 5) is 14.3. The highest BCUT2D eigenvalue weighted by Crippen LogP contribution is 2.24. The summed E-state index contributed by atoms with van der Waals surface area (Å²) in [6.45, 7) is 0.776. The van der Waals surface area contributed by atoms with Crippen molar-refractivity contribution >= 4 is 34.0 Å². The van der Waals surface area contributed by atoms with Gasteiger partial charge in [0.25, 0.3) is 5.69 Å². The predicted molar refractivity (Wildman–Crippen MR) is 82.2 cm³/mol. The first-order valence-electron chi connectivity index (χ1n) is 5.73. The molecule has 6 heteroatoms. The molecule has 1 N–H and O–H groups in total. The van der Waals surface area contributed by atoms with E-state index in [0.717, 1.165) is 18.7 Å². The zero-order valence-corrected chi connectivity index (χ0v) is 12.2. The number of nitro benzene ring substituents is 1. The molecule has 1 aromatic carbocycles. The van der Waals surface area contributed by atoms with Crippen molar-refractivity contribution in [1.82, 2.24) is 4.98 Å². The van der Waals surface area contributed by atoms with Crippen LogP contribution in [-0.4, -0.2) is 16.5 Å². The molecule has 0 saturated heterocycles. The number of anilines is 1. The molecular formula is C13H12IN3O2. The first kappa shape index (κ1) is 13.7. The molecule has 0 unspecified atom stereocenters. The fourth-order valence-electron chi connectivity index (χ4n) is 1.67. The Bertz CT molecular complexity index is 575. The fraction of sp³-hybridized carbons (Fsp3) is 0.154. The molecule has 0 aliphatic carbocycles. The molecule has 0 radical (unpaired) electrons. The van der Waals surface area contributed by atoms with E-state index in [1.165, 1.54) is 11.6 Å². The highest BCUT2D eigenvalue weighted by atomic mass is 127. The van der Waals surface area contributed by atoms with E-state index in [2.05, 4.69) is 10.3 Å². The van der Waals surface area contributed by atoms with E-state index in [1.807, 2.05) is 34.7 Å². The molecule has 1 aromatic heterocycles. The lowest BCUT2D eigenvalue weighted by Crippen LogP contribution is -2.05. The lowest BCUT2D eigenvalue weighted by molar-refractivity contribution is -0.385. The third kappa shape index (κ3) is 3.88. The fourth-order valence-corrected chi connectivity index (χ4v) is 2.38. The molecule has 98 valence electrons. The maximum absolute atomic E-state index is 10.7. The monoisotopic (exact) mass is 369 g/mol. The Kier molecular flexibility index (Phi) is 4.67. The number of rotatable bonds is 5. The standard InChI is InChI=1S/C13H12IN3O2/c14-12-9-11(1-2-13(12)17(18)19)16-8-5-10-3-6-15-7-4-10/h1-4,6-7,9,16H,5,8H2. The molecule has 0 atom stereocenters. The van der Waals surface area contributed by atoms with Crippen molar-refractivity contribution in [2.45, 2.75) is 6.42 Å². The van der Waals surface area contributed by atoms with Gasteiger partial charge >= 0.3 is 0 Å². The Morgan fingerprint density at radius 3 is 2.63 bits per heavy atom. The third-order valence-electron chi connectivity index (χ3n) is 2.64. The van der Waals surface area contributed by atoms with Gasteiger partial charge in [0.2, 0.25) is 0 Å². The Balaban J connectivity index is 1.93. The first-order chi connectivity index (χ1) is 9.16. The van der Waals surface area contributed by atoms with Crippen molar-refractivity contribution in [3.8, 4) is 0 Å². The predicted octanol–water partition coefficient (Wildman–Crippen LogP) is 3.25. The largest absolute Gasteiger partial charge is 0.385 e. The van der Waals surface area contributed by atoms with Gasteiger partial charge in [-0.15, -0.1) is 0 Å². The highest BCUT2D eigenvalue weighted by Gasteiger charge is 2.11. The lowest BCUT2D eigenvalue weighted by Gasteiger charge is -2.07. The normalized spacial score (nSPS) is 10.2. The highest BCUT2D eigenvalue weighted by molar-refractivity contribution is 14.1. The SMILES string of the molecule is O=[N+]([O-])c1ccc(NCCc2ccncc2)cc1I. The molecule has 2 aromatic rings. The molecule has 0 fully saturated rings. The van der Waals surface area contributed by atoms with Crippen LogP contribution in [0.4, 0.5) is 11.4 Å². The smallest absolute Gasteiger partial charge is 0.282 e. The summed E-state index contributed by atoms with van der Waals surface area (Å²) in [5.74, 6) is 0. The second kappa shape index (κ2) is 6.46. The maximum Gasteiger partial charge on any atom is 0.282 e. The minimum Gasteiger partial charge on any atom is -0.385 e. The Hall–Kier alpha value is -1.70. The van der Waals surface area contributed by atoms with E-state index < -0.39 is 0 Å². The quantitative estimate of drug-likeness (QED) is 0.499. The first-order valence-corrected chi connectivity index (χ1v) is 6.81. The molecule has 19 heavy (non-hydrogen) atoms. The van der Waals surface area contributed by atoms with Gasteiger partial charge in [0, 0.05) is 30.7 Å². The van der Waals surface area contributed by atoms with E-state index in [9.17, 15) is 10.1 Å². The minimum absolute atomic E-state index is 0.139. The summed E-state index contributed by atoms with van der Waals surface area (Å²) in [5, 5.41) is 14.0. The molecule has 0 amide bonds. The van der Waals surface area contributed by atoms with E-state index in [1.54, 1.807) is 24.5 Å². The van der Waals surface area contributed by atoms with Crippen molar-refractivity contribution in [2.75, 3.05) is 11.9 Å². The maximum atomic E-state index is 10.7. The molecule has 0 bridgehead atoms. The van der Waals surface area contributed by atoms with Crippen LogP contribution in [0.1, 0.15) is 5.56 Å². The van der Waals surface area contributed by atoms with Gasteiger partial charge < -0.3 is 5.32 Å². The van der Waals surface area contributed by atoms with E-state index in [-0.39, 0.29) is 10.6 Å². The Morgan fingerprint density at radius 2 is 2.00 bits per heavy atom. The van der Waals surface area contributed by atoms with Gasteiger partial charge in [0.15, 0.2) is 0 Å². The van der Waals surface area contributed by atoms with Crippen molar-refractivity contribution < 1.29 is 4.92 Å². The summed E-state index contributed by atoms with van der Waals surface area (Å²) in [5.41, 5.74) is 2.24. The number of halogens is 1. The zero-order valence-electron chi connectivity index (χ0n) is 10.0. The van der Waals surface area contributed by atoms with E-state index in [0.29, 0.717) is 3.57 Å². The molecule has 0 aliphatic rings. The number of nitrogens with one attached hydrogen (secondary N) is 1. The van der Waals surface area contributed by atoms with Crippen LogP contribution in [0, 0.1) is 13.7 Å². The lowest BCUT2D eigenvalue weighted by atomic mass is 10.2. The minimum atomic E-state index is -0.372. The Labute approximate surface area is 124 Å². The topological polar surface area (TPSA) is 68.1 Å². The summed E-state index contributed by atoms with van der Waals surface area (Å²) in [6, 6.07) is 8.98. The average Bonchev–Trinajstić information content (AvgIpc) is 2.39. The Morgan fingerprint density at radius 1 is 1.26 bits per heavy atom. The second-order valence-electron chi connectivity index (χ2n) is 3.96. The van der Waals surface area contributed by atoms with Crippen LogP contribution in [0.3, 0.4) is 0 Å². The number of aromatic nitrogens is 1. The van der Waals surface area contributed by atoms with E-state index >= 15 is 0 Å². The van der Waals surface area contributed by atoms with Gasteiger partial charge in [0.05, 0.1) is 8.49 Å². The summed E-state index contributed by atoms with van der Waals surface area (Å²) < 4.78 is 0.636. The van der Waals surface area contributed by atoms with Crippen LogP contribution >= 0.6 is 22.6 Å². The molecule has 0 spiro atoms. The van der Waals surface area contributed by atoms with Crippen LogP contribution in [0.15, 0.2) is 42.7 Å². The number of benzene rings is 1. The van der Waals surface area contributed by atoms with Crippen molar-refractivity contribution in [3.05, 3.63) is 62.0 Å².